The summed E-state index contributed by atoms with van der Waals surface area (Å²) in [6.07, 6.45) is 6.69. The first-order valence-corrected chi connectivity index (χ1v) is 11.9. The highest BCUT2D eigenvalue weighted by Crippen LogP contribution is 2.29. The molecule has 0 aliphatic carbocycles. The zero-order valence-electron chi connectivity index (χ0n) is 21.6. The fraction of sp³-hybridized carbons (Fsp3) is 0.219. The Morgan fingerprint density at radius 2 is 1.37 bits per heavy atom. The molecule has 1 heterocycles. The van der Waals surface area contributed by atoms with Crippen molar-refractivity contribution >= 4 is 17.8 Å². The Labute approximate surface area is 228 Å². The third-order valence-electron chi connectivity index (χ3n) is 6.30. The van der Waals surface area contributed by atoms with Gasteiger partial charge in [0, 0.05) is 31.4 Å². The molecule has 0 spiro atoms. The van der Waals surface area contributed by atoms with Gasteiger partial charge in [0.15, 0.2) is 6.20 Å². The molecule has 0 radical (unpaired) electrons. The average Bonchev–Trinajstić information content (AvgIpc) is 2.83. The van der Waals surface area contributed by atoms with E-state index in [1.165, 1.54) is 44.8 Å². The number of hydrogen-bond acceptors (Lipinski definition) is 1. The second-order valence-corrected chi connectivity index (χ2v) is 10.2. The van der Waals surface area contributed by atoms with Crippen LogP contribution in [0.1, 0.15) is 37.5 Å². The summed E-state index contributed by atoms with van der Waals surface area (Å²) in [7, 11) is 6.26. The van der Waals surface area contributed by atoms with Gasteiger partial charge in [0.25, 0.3) is 0 Å². The number of benzene rings is 3. The summed E-state index contributed by atoms with van der Waals surface area (Å²) in [4.78, 5) is 2.12. The summed E-state index contributed by atoms with van der Waals surface area (Å²) in [5.74, 6) is 0. The highest BCUT2D eigenvalue weighted by atomic mass is 127. The van der Waals surface area contributed by atoms with Crippen LogP contribution in [-0.2, 0) is 12.5 Å². The van der Waals surface area contributed by atoms with E-state index in [1.54, 1.807) is 0 Å². The van der Waals surface area contributed by atoms with E-state index >= 15 is 0 Å². The van der Waals surface area contributed by atoms with Crippen molar-refractivity contribution in [1.29, 1.82) is 0 Å². The first-order chi connectivity index (χ1) is 16.2. The van der Waals surface area contributed by atoms with Crippen LogP contribution < -0.4 is 33.4 Å². The number of aryl methyl sites for hydroxylation is 1. The van der Waals surface area contributed by atoms with Crippen LogP contribution in [0.4, 0.5) is 5.69 Å². The Kier molecular flexibility index (Phi) is 8.55. The summed E-state index contributed by atoms with van der Waals surface area (Å²) in [5.41, 5.74) is 9.95. The summed E-state index contributed by atoms with van der Waals surface area (Å²) in [6.45, 7) is 6.76. The fourth-order valence-corrected chi connectivity index (χ4v) is 4.16. The number of aromatic nitrogens is 1. The van der Waals surface area contributed by atoms with E-state index in [0.717, 1.165) is 0 Å². The lowest BCUT2D eigenvalue weighted by Gasteiger charge is -2.19. The monoisotopic (exact) mass is 574 g/mol. The van der Waals surface area contributed by atoms with Gasteiger partial charge in [-0.2, -0.15) is 0 Å². The molecular formula is C32H35IN2. The van der Waals surface area contributed by atoms with E-state index in [9.17, 15) is 0 Å². The van der Waals surface area contributed by atoms with Crippen molar-refractivity contribution in [3.05, 3.63) is 108 Å². The van der Waals surface area contributed by atoms with Crippen LogP contribution in [-0.4, -0.2) is 14.1 Å². The van der Waals surface area contributed by atoms with E-state index in [2.05, 4.69) is 155 Å². The van der Waals surface area contributed by atoms with Crippen LogP contribution in [0, 0.1) is 0 Å². The SMILES string of the molecule is CN(C)c1ccc(/C=C/c2cc(-c3ccc(C(C)(C)C)cc3)[n+](C)cc2-c2ccccc2)cc1.[I-]. The first-order valence-electron chi connectivity index (χ1n) is 11.9. The lowest BCUT2D eigenvalue weighted by atomic mass is 9.86. The molecule has 0 aliphatic heterocycles. The number of anilines is 1. The molecule has 0 fully saturated rings. The van der Waals surface area contributed by atoms with Crippen LogP contribution in [0.25, 0.3) is 34.5 Å². The Morgan fingerprint density at radius 3 is 1.94 bits per heavy atom. The number of halogens is 1. The quantitative estimate of drug-likeness (QED) is 0.254. The Bertz CT molecular complexity index is 1280. The van der Waals surface area contributed by atoms with Crippen molar-refractivity contribution in [2.45, 2.75) is 26.2 Å². The van der Waals surface area contributed by atoms with Gasteiger partial charge in [-0.15, -0.1) is 0 Å². The molecule has 0 amide bonds. The zero-order chi connectivity index (χ0) is 24.3. The van der Waals surface area contributed by atoms with E-state index in [0.29, 0.717) is 0 Å². The average molecular weight is 575 g/mol. The molecule has 180 valence electrons. The van der Waals surface area contributed by atoms with Gasteiger partial charge in [0.05, 0.1) is 5.56 Å². The number of pyridine rings is 1. The van der Waals surface area contributed by atoms with Gasteiger partial charge in [0.1, 0.15) is 7.05 Å². The molecule has 35 heavy (non-hydrogen) atoms. The third-order valence-corrected chi connectivity index (χ3v) is 6.30. The third kappa shape index (κ3) is 6.40. The van der Waals surface area contributed by atoms with E-state index < -0.39 is 0 Å². The van der Waals surface area contributed by atoms with E-state index in [4.69, 9.17) is 0 Å². The Balaban J connectivity index is 0.00000342. The molecule has 4 aromatic rings. The van der Waals surface area contributed by atoms with Crippen molar-refractivity contribution in [2.24, 2.45) is 7.05 Å². The van der Waals surface area contributed by atoms with Gasteiger partial charge >= 0.3 is 0 Å². The second kappa shape index (κ2) is 11.2. The van der Waals surface area contributed by atoms with Crippen molar-refractivity contribution in [3.63, 3.8) is 0 Å². The number of hydrogen-bond donors (Lipinski definition) is 0. The minimum absolute atomic E-state index is 0. The van der Waals surface area contributed by atoms with Gasteiger partial charge in [-0.05, 0) is 51.9 Å². The van der Waals surface area contributed by atoms with Gasteiger partial charge < -0.3 is 28.9 Å². The Hall–Kier alpha value is -2.92. The van der Waals surface area contributed by atoms with Crippen molar-refractivity contribution in [3.8, 4) is 22.4 Å². The topological polar surface area (TPSA) is 7.12 Å². The minimum atomic E-state index is 0. The maximum Gasteiger partial charge on any atom is 0.212 e. The summed E-state index contributed by atoms with van der Waals surface area (Å²) in [6, 6.07) is 30.6. The smallest absolute Gasteiger partial charge is 0.212 e. The maximum absolute atomic E-state index is 2.30. The molecule has 0 saturated heterocycles. The molecule has 3 aromatic carbocycles. The fourth-order valence-electron chi connectivity index (χ4n) is 4.16. The first kappa shape index (κ1) is 26.7. The molecule has 0 aliphatic rings. The summed E-state index contributed by atoms with van der Waals surface area (Å²) >= 11 is 0. The standard InChI is InChI=1S/C32H35N2.HI/c1-32(2,3)28-18-16-26(17-19-28)31-22-27(15-12-24-13-20-29(21-14-24)33(4)5)30(23-34(31)6)25-10-8-7-9-11-25;/h7-23H,1-6H3;1H/q+1;/p-1. The molecule has 0 atom stereocenters. The molecule has 0 saturated carbocycles. The molecule has 0 bridgehead atoms. The predicted molar refractivity (Wildman–Crippen MR) is 147 cm³/mol. The van der Waals surface area contributed by atoms with E-state index in [1.807, 2.05) is 0 Å². The zero-order valence-corrected chi connectivity index (χ0v) is 23.7. The van der Waals surface area contributed by atoms with Crippen LogP contribution >= 0.6 is 0 Å². The molecule has 2 nitrogen and oxygen atoms in total. The van der Waals surface area contributed by atoms with Crippen molar-refractivity contribution < 1.29 is 28.5 Å². The molecule has 4 rings (SSSR count). The van der Waals surface area contributed by atoms with Crippen LogP contribution in [0.3, 0.4) is 0 Å². The largest absolute Gasteiger partial charge is 1.00 e. The Morgan fingerprint density at radius 1 is 0.743 bits per heavy atom. The van der Waals surface area contributed by atoms with Crippen molar-refractivity contribution in [1.82, 2.24) is 0 Å². The summed E-state index contributed by atoms with van der Waals surface area (Å²) in [5, 5.41) is 0. The molecule has 0 unspecified atom stereocenters. The van der Waals surface area contributed by atoms with Crippen LogP contribution in [0.5, 0.6) is 0 Å². The number of rotatable bonds is 5. The molecule has 0 N–H and O–H groups in total. The van der Waals surface area contributed by atoms with Gasteiger partial charge in [-0.1, -0.05) is 87.5 Å². The number of nitrogens with zero attached hydrogens (tertiary/aromatic N) is 2. The second-order valence-electron chi connectivity index (χ2n) is 10.2. The van der Waals surface area contributed by atoms with E-state index in [-0.39, 0.29) is 29.4 Å². The lowest BCUT2D eigenvalue weighted by Crippen LogP contribution is -3.00. The van der Waals surface area contributed by atoms with Gasteiger partial charge in [-0.3, -0.25) is 0 Å². The van der Waals surface area contributed by atoms with Gasteiger partial charge in [-0.25, -0.2) is 4.57 Å². The molecule has 3 heteroatoms. The molecular weight excluding hydrogens is 539 g/mol. The predicted octanol–water partition coefficient (Wildman–Crippen LogP) is 4.38. The van der Waals surface area contributed by atoms with Crippen molar-refractivity contribution in [2.75, 3.05) is 19.0 Å². The highest BCUT2D eigenvalue weighted by molar-refractivity contribution is 5.82. The van der Waals surface area contributed by atoms with Gasteiger partial charge in [0.2, 0.25) is 5.69 Å². The maximum atomic E-state index is 2.30. The highest BCUT2D eigenvalue weighted by Gasteiger charge is 2.18. The van der Waals surface area contributed by atoms with Crippen LogP contribution in [0.2, 0.25) is 0 Å². The lowest BCUT2D eigenvalue weighted by molar-refractivity contribution is -0.659. The van der Waals surface area contributed by atoms with Crippen LogP contribution in [0.15, 0.2) is 91.1 Å². The molecule has 1 aromatic heterocycles. The summed E-state index contributed by atoms with van der Waals surface area (Å²) < 4.78 is 2.23. The minimum Gasteiger partial charge on any atom is -1.00 e. The normalized spacial score (nSPS) is 11.4.